The molecule has 0 spiro atoms. The lowest BCUT2D eigenvalue weighted by molar-refractivity contribution is 0.0942. The van der Waals surface area contributed by atoms with Gasteiger partial charge in [0.1, 0.15) is 5.75 Å². The number of rotatable bonds is 8. The van der Waals surface area contributed by atoms with Gasteiger partial charge < -0.3 is 10.1 Å². The first kappa shape index (κ1) is 19.6. The summed E-state index contributed by atoms with van der Waals surface area (Å²) in [6, 6.07) is 22.5. The number of pyridine rings is 1. The van der Waals surface area contributed by atoms with E-state index in [1.165, 1.54) is 0 Å². The summed E-state index contributed by atoms with van der Waals surface area (Å²) in [7, 11) is 0. The second kappa shape index (κ2) is 9.70. The van der Waals surface area contributed by atoms with Crippen LogP contribution < -0.4 is 10.1 Å². The fourth-order valence-corrected chi connectivity index (χ4v) is 2.85. The van der Waals surface area contributed by atoms with Crippen molar-refractivity contribution in [1.82, 2.24) is 10.3 Å². The minimum Gasteiger partial charge on any atom is -0.494 e. The molecule has 1 N–H and O–H groups in total. The molecule has 0 saturated carbocycles. The third-order valence-corrected chi connectivity index (χ3v) is 4.47. The third-order valence-electron chi connectivity index (χ3n) is 4.47. The molecule has 1 aromatic heterocycles. The van der Waals surface area contributed by atoms with Gasteiger partial charge in [-0.05, 0) is 54.3 Å². The van der Waals surface area contributed by atoms with E-state index in [-0.39, 0.29) is 11.9 Å². The van der Waals surface area contributed by atoms with Gasteiger partial charge in [-0.1, -0.05) is 50.2 Å². The van der Waals surface area contributed by atoms with Crippen LogP contribution >= 0.6 is 0 Å². The number of carbonyl (C=O) groups excluding carboxylic acids is 1. The molecule has 4 nitrogen and oxygen atoms in total. The number of carbonyl (C=O) groups is 1. The van der Waals surface area contributed by atoms with Crippen LogP contribution in [0, 0.1) is 5.92 Å². The Bertz CT molecular complexity index is 823. The Morgan fingerprint density at radius 3 is 2.32 bits per heavy atom. The van der Waals surface area contributed by atoms with E-state index in [0.29, 0.717) is 18.1 Å². The Balaban J connectivity index is 1.72. The Morgan fingerprint density at radius 1 is 0.964 bits per heavy atom. The minimum absolute atomic E-state index is 0.145. The molecule has 1 unspecified atom stereocenters. The Hall–Kier alpha value is -3.14. The summed E-state index contributed by atoms with van der Waals surface area (Å²) in [5, 5.41) is 3.10. The van der Waals surface area contributed by atoms with Gasteiger partial charge in [0.05, 0.1) is 18.3 Å². The van der Waals surface area contributed by atoms with Crippen LogP contribution in [0.5, 0.6) is 5.75 Å². The molecule has 0 bridgehead atoms. The molecule has 4 heteroatoms. The summed E-state index contributed by atoms with van der Waals surface area (Å²) in [6.07, 6.45) is 2.74. The van der Waals surface area contributed by atoms with E-state index in [9.17, 15) is 4.79 Å². The van der Waals surface area contributed by atoms with Gasteiger partial charge in [0, 0.05) is 11.8 Å². The van der Waals surface area contributed by atoms with Crippen molar-refractivity contribution in [1.29, 1.82) is 0 Å². The zero-order chi connectivity index (χ0) is 19.8. The maximum atomic E-state index is 12.8. The summed E-state index contributed by atoms with van der Waals surface area (Å²) in [5.41, 5.74) is 2.38. The molecule has 0 saturated heterocycles. The number of amides is 1. The predicted octanol–water partition coefficient (Wildman–Crippen LogP) is 5.03. The smallest absolute Gasteiger partial charge is 0.252 e. The van der Waals surface area contributed by atoms with Gasteiger partial charge in [-0.3, -0.25) is 9.78 Å². The maximum Gasteiger partial charge on any atom is 0.252 e. The van der Waals surface area contributed by atoms with Crippen LogP contribution in [0.4, 0.5) is 0 Å². The summed E-state index contributed by atoms with van der Waals surface area (Å²) in [5.74, 6) is 1.24. The standard InChI is InChI=1S/C24H26N2O2/c1-18(2)15-17-28-21-13-11-20(12-14-21)24(27)26-23(19-8-4-3-5-9-19)22-10-6-7-16-25-22/h3-14,16,18,23H,15,17H2,1-2H3,(H,26,27). The van der Waals surface area contributed by atoms with Gasteiger partial charge in [-0.2, -0.15) is 0 Å². The number of hydrogen-bond donors (Lipinski definition) is 1. The number of benzene rings is 2. The quantitative estimate of drug-likeness (QED) is 0.602. The van der Waals surface area contributed by atoms with Gasteiger partial charge in [0.15, 0.2) is 0 Å². The van der Waals surface area contributed by atoms with Gasteiger partial charge in [-0.25, -0.2) is 0 Å². The van der Waals surface area contributed by atoms with Crippen molar-refractivity contribution in [3.63, 3.8) is 0 Å². The van der Waals surface area contributed by atoms with Gasteiger partial charge in [-0.15, -0.1) is 0 Å². The average Bonchev–Trinajstić information content (AvgIpc) is 2.73. The maximum absolute atomic E-state index is 12.8. The molecular formula is C24H26N2O2. The first-order valence-corrected chi connectivity index (χ1v) is 9.63. The van der Waals surface area contributed by atoms with Gasteiger partial charge in [0.2, 0.25) is 0 Å². The zero-order valence-corrected chi connectivity index (χ0v) is 16.3. The van der Waals surface area contributed by atoms with Crippen molar-refractivity contribution in [2.45, 2.75) is 26.3 Å². The van der Waals surface area contributed by atoms with Crippen LogP contribution in [-0.2, 0) is 0 Å². The average molecular weight is 374 g/mol. The molecule has 28 heavy (non-hydrogen) atoms. The summed E-state index contributed by atoms with van der Waals surface area (Å²) < 4.78 is 5.73. The lowest BCUT2D eigenvalue weighted by atomic mass is 10.0. The highest BCUT2D eigenvalue weighted by Crippen LogP contribution is 2.21. The summed E-state index contributed by atoms with van der Waals surface area (Å²) in [4.78, 5) is 17.3. The SMILES string of the molecule is CC(C)CCOc1ccc(C(=O)NC(c2ccccc2)c2ccccn2)cc1. The Kier molecular flexibility index (Phi) is 6.79. The third kappa shape index (κ3) is 5.43. The second-order valence-electron chi connectivity index (χ2n) is 7.13. The molecule has 0 aliphatic carbocycles. The predicted molar refractivity (Wildman–Crippen MR) is 111 cm³/mol. The fraction of sp³-hybridized carbons (Fsp3) is 0.250. The van der Waals surface area contributed by atoms with E-state index in [0.717, 1.165) is 23.4 Å². The molecule has 0 fully saturated rings. The van der Waals surface area contributed by atoms with Crippen molar-refractivity contribution in [2.24, 2.45) is 5.92 Å². The largest absolute Gasteiger partial charge is 0.494 e. The minimum atomic E-state index is -0.308. The normalized spacial score (nSPS) is 11.8. The van der Waals surface area contributed by atoms with Crippen LogP contribution in [0.25, 0.3) is 0 Å². The summed E-state index contributed by atoms with van der Waals surface area (Å²) in [6.45, 7) is 5.02. The molecule has 1 amide bonds. The zero-order valence-electron chi connectivity index (χ0n) is 16.3. The van der Waals surface area contributed by atoms with Crippen LogP contribution in [-0.4, -0.2) is 17.5 Å². The van der Waals surface area contributed by atoms with Crippen LogP contribution in [0.15, 0.2) is 79.0 Å². The van der Waals surface area contributed by atoms with Crippen LogP contribution in [0.2, 0.25) is 0 Å². The molecule has 3 aromatic rings. The van der Waals surface area contributed by atoms with Crippen molar-refractivity contribution >= 4 is 5.91 Å². The molecule has 2 aromatic carbocycles. The van der Waals surface area contributed by atoms with Crippen molar-refractivity contribution in [3.05, 3.63) is 95.8 Å². The van der Waals surface area contributed by atoms with Crippen LogP contribution in [0.1, 0.15) is 47.9 Å². The first-order chi connectivity index (χ1) is 13.6. The number of nitrogens with zero attached hydrogens (tertiary/aromatic N) is 1. The molecule has 3 rings (SSSR count). The highest BCUT2D eigenvalue weighted by Gasteiger charge is 2.18. The topological polar surface area (TPSA) is 51.2 Å². The van der Waals surface area contributed by atoms with Crippen LogP contribution in [0.3, 0.4) is 0 Å². The fourth-order valence-electron chi connectivity index (χ4n) is 2.85. The monoisotopic (exact) mass is 374 g/mol. The molecule has 1 heterocycles. The Morgan fingerprint density at radius 2 is 1.68 bits per heavy atom. The molecular weight excluding hydrogens is 348 g/mol. The van der Waals surface area contributed by atoms with E-state index < -0.39 is 0 Å². The van der Waals surface area contributed by atoms with E-state index >= 15 is 0 Å². The molecule has 144 valence electrons. The number of aromatic nitrogens is 1. The number of hydrogen-bond acceptors (Lipinski definition) is 3. The molecule has 0 radical (unpaired) electrons. The highest BCUT2D eigenvalue weighted by molar-refractivity contribution is 5.94. The van der Waals surface area contributed by atoms with Crippen molar-refractivity contribution in [2.75, 3.05) is 6.61 Å². The second-order valence-corrected chi connectivity index (χ2v) is 7.13. The van der Waals surface area contributed by atoms with E-state index in [1.807, 2.05) is 60.7 Å². The number of ether oxygens (including phenoxy) is 1. The van der Waals surface area contributed by atoms with E-state index in [4.69, 9.17) is 4.74 Å². The van der Waals surface area contributed by atoms with E-state index in [1.54, 1.807) is 18.3 Å². The van der Waals surface area contributed by atoms with Gasteiger partial charge >= 0.3 is 0 Å². The van der Waals surface area contributed by atoms with Gasteiger partial charge in [0.25, 0.3) is 5.91 Å². The first-order valence-electron chi connectivity index (χ1n) is 9.63. The highest BCUT2D eigenvalue weighted by atomic mass is 16.5. The van der Waals surface area contributed by atoms with E-state index in [2.05, 4.69) is 24.1 Å². The molecule has 1 atom stereocenters. The van der Waals surface area contributed by atoms with Crippen molar-refractivity contribution in [3.8, 4) is 5.75 Å². The summed E-state index contributed by atoms with van der Waals surface area (Å²) >= 11 is 0. The lowest BCUT2D eigenvalue weighted by Gasteiger charge is -2.19. The molecule has 0 aliphatic rings. The Labute approximate surface area is 166 Å². The lowest BCUT2D eigenvalue weighted by Crippen LogP contribution is -2.29. The van der Waals surface area contributed by atoms with Crippen molar-refractivity contribution < 1.29 is 9.53 Å². The molecule has 0 aliphatic heterocycles. The number of nitrogens with one attached hydrogen (secondary N) is 1.